The molecule has 0 saturated heterocycles. The van der Waals surface area contributed by atoms with Crippen LogP contribution in [0.2, 0.25) is 0 Å². The number of anilines is 2. The van der Waals surface area contributed by atoms with Crippen molar-refractivity contribution in [1.29, 1.82) is 0 Å². The lowest BCUT2D eigenvalue weighted by atomic mass is 10.1. The summed E-state index contributed by atoms with van der Waals surface area (Å²) in [5.74, 6) is 1.70. The average molecular weight is 336 g/mol. The molecule has 5 heteroatoms. The summed E-state index contributed by atoms with van der Waals surface area (Å²) in [5.41, 5.74) is 8.75. The second kappa shape index (κ2) is 6.61. The minimum absolute atomic E-state index is 0.692. The zero-order chi connectivity index (χ0) is 14.5. The van der Waals surface area contributed by atoms with Crippen LogP contribution in [-0.4, -0.2) is 18.6 Å². The van der Waals surface area contributed by atoms with E-state index in [1.807, 2.05) is 19.1 Å². The molecule has 20 heavy (non-hydrogen) atoms. The van der Waals surface area contributed by atoms with Crippen LogP contribution in [0.1, 0.15) is 11.1 Å². The molecule has 0 fully saturated rings. The molecule has 0 atom stereocenters. The van der Waals surface area contributed by atoms with E-state index in [2.05, 4.69) is 38.4 Å². The van der Waals surface area contributed by atoms with E-state index in [1.54, 1.807) is 13.3 Å². The van der Waals surface area contributed by atoms with Crippen molar-refractivity contribution in [2.45, 2.75) is 13.3 Å². The van der Waals surface area contributed by atoms with Crippen molar-refractivity contribution < 1.29 is 4.74 Å². The van der Waals surface area contributed by atoms with Gasteiger partial charge in [0.1, 0.15) is 11.6 Å². The van der Waals surface area contributed by atoms with Crippen LogP contribution in [0.5, 0.6) is 5.75 Å². The number of ether oxygens (including phenoxy) is 1. The van der Waals surface area contributed by atoms with E-state index in [0.29, 0.717) is 5.69 Å². The van der Waals surface area contributed by atoms with E-state index in [9.17, 15) is 0 Å². The number of hydrogen-bond acceptors (Lipinski definition) is 4. The van der Waals surface area contributed by atoms with Crippen LogP contribution in [0.15, 0.2) is 34.9 Å². The summed E-state index contributed by atoms with van der Waals surface area (Å²) in [6.45, 7) is 2.77. The molecule has 0 saturated carbocycles. The molecule has 4 nitrogen and oxygen atoms in total. The van der Waals surface area contributed by atoms with Crippen LogP contribution >= 0.6 is 15.9 Å². The fourth-order valence-corrected chi connectivity index (χ4v) is 2.30. The van der Waals surface area contributed by atoms with Gasteiger partial charge in [0.2, 0.25) is 0 Å². The van der Waals surface area contributed by atoms with Gasteiger partial charge in [-0.15, -0.1) is 0 Å². The van der Waals surface area contributed by atoms with Crippen molar-refractivity contribution in [3.05, 3.63) is 46.1 Å². The second-order valence-corrected chi connectivity index (χ2v) is 5.32. The number of hydrogen-bond donors (Lipinski definition) is 2. The van der Waals surface area contributed by atoms with E-state index in [1.165, 1.54) is 5.56 Å². The molecule has 2 aromatic rings. The monoisotopic (exact) mass is 335 g/mol. The first-order valence-electron chi connectivity index (χ1n) is 6.39. The molecule has 0 spiro atoms. The minimum Gasteiger partial charge on any atom is -0.497 e. The van der Waals surface area contributed by atoms with Crippen molar-refractivity contribution in [3.63, 3.8) is 0 Å². The second-order valence-electron chi connectivity index (χ2n) is 4.53. The fourth-order valence-electron chi connectivity index (χ4n) is 1.83. The predicted molar refractivity (Wildman–Crippen MR) is 86.3 cm³/mol. The number of rotatable bonds is 5. The van der Waals surface area contributed by atoms with E-state index < -0.39 is 0 Å². The number of nitrogens with zero attached hydrogens (tertiary/aromatic N) is 1. The third-order valence-corrected chi connectivity index (χ3v) is 4.14. The Morgan fingerprint density at radius 1 is 1.30 bits per heavy atom. The Bertz CT molecular complexity index is 584. The van der Waals surface area contributed by atoms with Crippen molar-refractivity contribution in [3.8, 4) is 5.75 Å². The normalized spacial score (nSPS) is 10.3. The van der Waals surface area contributed by atoms with Gasteiger partial charge in [-0.25, -0.2) is 4.98 Å². The van der Waals surface area contributed by atoms with Crippen LogP contribution < -0.4 is 15.8 Å². The van der Waals surface area contributed by atoms with Crippen molar-refractivity contribution in [2.75, 3.05) is 24.7 Å². The highest BCUT2D eigenvalue weighted by atomic mass is 79.9. The Labute approximate surface area is 127 Å². The maximum atomic E-state index is 5.80. The zero-order valence-corrected chi connectivity index (χ0v) is 13.2. The number of nitrogens with one attached hydrogen (secondary N) is 1. The number of nitrogens with two attached hydrogens (primary N) is 1. The molecule has 0 aliphatic rings. The molecule has 0 aliphatic heterocycles. The molecule has 0 radical (unpaired) electrons. The lowest BCUT2D eigenvalue weighted by Gasteiger charge is -2.11. The van der Waals surface area contributed by atoms with Gasteiger partial charge in [0.25, 0.3) is 0 Å². The molecule has 3 N–H and O–H groups in total. The zero-order valence-electron chi connectivity index (χ0n) is 11.6. The van der Waals surface area contributed by atoms with Crippen LogP contribution in [0, 0.1) is 6.92 Å². The van der Waals surface area contributed by atoms with E-state index in [4.69, 9.17) is 10.5 Å². The van der Waals surface area contributed by atoms with Crippen molar-refractivity contribution >= 4 is 27.4 Å². The summed E-state index contributed by atoms with van der Waals surface area (Å²) in [6.07, 6.45) is 2.59. The highest BCUT2D eigenvalue weighted by Crippen LogP contribution is 2.27. The van der Waals surface area contributed by atoms with E-state index >= 15 is 0 Å². The van der Waals surface area contributed by atoms with Gasteiger partial charge in [0.05, 0.1) is 23.5 Å². The number of pyridine rings is 1. The summed E-state index contributed by atoms with van der Waals surface area (Å²) < 4.78 is 6.06. The van der Waals surface area contributed by atoms with Crippen molar-refractivity contribution in [1.82, 2.24) is 4.98 Å². The maximum Gasteiger partial charge on any atom is 0.140 e. The van der Waals surface area contributed by atoms with Gasteiger partial charge in [-0.05, 0) is 52.5 Å². The summed E-state index contributed by atoms with van der Waals surface area (Å²) in [6, 6.07) is 8.07. The third-order valence-electron chi connectivity index (χ3n) is 3.17. The lowest BCUT2D eigenvalue weighted by Crippen LogP contribution is -2.08. The van der Waals surface area contributed by atoms with E-state index in [-0.39, 0.29) is 0 Å². The highest BCUT2D eigenvalue weighted by Gasteiger charge is 2.06. The molecule has 1 aromatic carbocycles. The van der Waals surface area contributed by atoms with Gasteiger partial charge >= 0.3 is 0 Å². The van der Waals surface area contributed by atoms with Crippen molar-refractivity contribution in [2.24, 2.45) is 0 Å². The smallest absolute Gasteiger partial charge is 0.140 e. The summed E-state index contributed by atoms with van der Waals surface area (Å²) in [5, 5.41) is 3.31. The van der Waals surface area contributed by atoms with Crippen LogP contribution in [0.3, 0.4) is 0 Å². The third kappa shape index (κ3) is 3.42. The number of benzene rings is 1. The van der Waals surface area contributed by atoms with Gasteiger partial charge in [0, 0.05) is 6.54 Å². The molecule has 0 unspecified atom stereocenters. The summed E-state index contributed by atoms with van der Waals surface area (Å²) >= 11 is 3.51. The number of nitrogen functional groups attached to an aromatic ring is 1. The Morgan fingerprint density at radius 3 is 2.65 bits per heavy atom. The van der Waals surface area contributed by atoms with Gasteiger partial charge < -0.3 is 15.8 Å². The molecule has 0 amide bonds. The topological polar surface area (TPSA) is 60.2 Å². The Morgan fingerprint density at radius 2 is 2.00 bits per heavy atom. The quantitative estimate of drug-likeness (QED) is 0.879. The first-order chi connectivity index (χ1) is 9.61. The van der Waals surface area contributed by atoms with Crippen LogP contribution in [-0.2, 0) is 6.42 Å². The number of halogens is 1. The Kier molecular flexibility index (Phi) is 4.84. The predicted octanol–water partition coefficient (Wildman–Crippen LogP) is 3.40. The Balaban J connectivity index is 1.94. The SMILES string of the molecule is COc1ccc(CCNc2ncc(N)c(C)c2Br)cc1. The molecule has 106 valence electrons. The van der Waals surface area contributed by atoms with Crippen LogP contribution in [0.25, 0.3) is 0 Å². The van der Waals surface area contributed by atoms with Gasteiger partial charge in [-0.1, -0.05) is 12.1 Å². The first-order valence-corrected chi connectivity index (χ1v) is 7.18. The average Bonchev–Trinajstić information content (AvgIpc) is 2.48. The fraction of sp³-hybridized carbons (Fsp3) is 0.267. The molecule has 0 bridgehead atoms. The van der Waals surface area contributed by atoms with Crippen LogP contribution in [0.4, 0.5) is 11.5 Å². The molecule has 1 aromatic heterocycles. The van der Waals surface area contributed by atoms with Gasteiger partial charge in [0.15, 0.2) is 0 Å². The summed E-state index contributed by atoms with van der Waals surface area (Å²) in [7, 11) is 1.67. The molecule has 2 rings (SSSR count). The van der Waals surface area contributed by atoms with Gasteiger partial charge in [-0.2, -0.15) is 0 Å². The maximum absolute atomic E-state index is 5.80. The minimum atomic E-state index is 0.692. The Hall–Kier alpha value is -1.75. The first kappa shape index (κ1) is 14.7. The van der Waals surface area contributed by atoms with Gasteiger partial charge in [-0.3, -0.25) is 0 Å². The molecule has 1 heterocycles. The lowest BCUT2D eigenvalue weighted by molar-refractivity contribution is 0.414. The summed E-state index contributed by atoms with van der Waals surface area (Å²) in [4.78, 5) is 4.29. The molecular weight excluding hydrogens is 318 g/mol. The molecular formula is C15H18BrN3O. The highest BCUT2D eigenvalue weighted by molar-refractivity contribution is 9.10. The standard InChI is InChI=1S/C15H18BrN3O/c1-10-13(17)9-19-15(14(10)16)18-8-7-11-3-5-12(20-2)6-4-11/h3-6,9H,7-8,17H2,1-2H3,(H,18,19). The van der Waals surface area contributed by atoms with E-state index in [0.717, 1.165) is 34.6 Å². The number of methoxy groups -OCH3 is 1. The number of aromatic nitrogens is 1. The molecule has 0 aliphatic carbocycles. The largest absolute Gasteiger partial charge is 0.497 e.